The molecule has 1 aliphatic heterocycles. The first kappa shape index (κ1) is 25.6. The van der Waals surface area contributed by atoms with Gasteiger partial charge >= 0.3 is 0 Å². The zero-order chi connectivity index (χ0) is 26.1. The number of carbonyl (C=O) groups is 1. The Bertz CT molecular complexity index is 1210. The van der Waals surface area contributed by atoms with Crippen LogP contribution in [-0.4, -0.2) is 28.8 Å². The molecular formula is C31H37N3O2. The summed E-state index contributed by atoms with van der Waals surface area (Å²) >= 11 is 0. The number of anilines is 1. The lowest BCUT2D eigenvalue weighted by molar-refractivity contribution is -0.136. The van der Waals surface area contributed by atoms with Gasteiger partial charge < -0.3 is 10.0 Å². The van der Waals surface area contributed by atoms with E-state index < -0.39 is 11.5 Å². The van der Waals surface area contributed by atoms with Gasteiger partial charge in [-0.1, -0.05) is 67.6 Å². The molecule has 3 aromatic carbocycles. The number of hydrogen-bond donors (Lipinski definition) is 2. The van der Waals surface area contributed by atoms with Crippen molar-refractivity contribution in [1.29, 1.82) is 0 Å². The number of amides is 1. The van der Waals surface area contributed by atoms with Gasteiger partial charge in [-0.25, -0.2) is 5.43 Å². The second-order valence-corrected chi connectivity index (χ2v) is 10.8. The highest BCUT2D eigenvalue weighted by Gasteiger charge is 2.40. The highest BCUT2D eigenvalue weighted by molar-refractivity contribution is 5.91. The number of rotatable bonds is 6. The van der Waals surface area contributed by atoms with Gasteiger partial charge in [0, 0.05) is 17.3 Å². The van der Waals surface area contributed by atoms with Crippen LogP contribution in [0.1, 0.15) is 74.8 Å². The second-order valence-electron chi connectivity index (χ2n) is 10.8. The largest absolute Gasteiger partial charge is 0.372 e. The maximum absolute atomic E-state index is 13.3. The summed E-state index contributed by atoms with van der Waals surface area (Å²) in [6.45, 7) is 13.4. The number of aryl methyl sites for hydroxylation is 1. The van der Waals surface area contributed by atoms with Crippen LogP contribution in [0.5, 0.6) is 0 Å². The molecule has 0 radical (unpaired) electrons. The number of fused-ring (bicyclic) bond motifs is 1. The van der Waals surface area contributed by atoms with Crippen LogP contribution in [0.2, 0.25) is 0 Å². The number of nitrogens with one attached hydrogen (secondary N) is 1. The van der Waals surface area contributed by atoms with E-state index in [1.54, 1.807) is 54.7 Å². The summed E-state index contributed by atoms with van der Waals surface area (Å²) in [4.78, 5) is 15.8. The van der Waals surface area contributed by atoms with E-state index in [0.717, 1.165) is 17.5 Å². The van der Waals surface area contributed by atoms with Crippen molar-refractivity contribution in [2.24, 2.45) is 5.10 Å². The SMILES string of the molecule is Cc1cc2c(cc1/C=N\NC(=O)C(O)(c1ccccc1)c1ccccc1)[C@@H](C)CC(C)(C)N2C(C)C. The third-order valence-electron chi connectivity index (χ3n) is 7.26. The van der Waals surface area contributed by atoms with Crippen LogP contribution in [0, 0.1) is 6.92 Å². The van der Waals surface area contributed by atoms with Crippen molar-refractivity contribution in [3.63, 3.8) is 0 Å². The molecule has 36 heavy (non-hydrogen) atoms. The highest BCUT2D eigenvalue weighted by Crippen LogP contribution is 2.45. The van der Waals surface area contributed by atoms with E-state index in [1.807, 2.05) is 12.1 Å². The third kappa shape index (κ3) is 4.68. The first-order valence-corrected chi connectivity index (χ1v) is 12.7. The monoisotopic (exact) mass is 483 g/mol. The molecular weight excluding hydrogens is 446 g/mol. The third-order valence-corrected chi connectivity index (χ3v) is 7.26. The molecule has 1 heterocycles. The smallest absolute Gasteiger partial charge is 0.281 e. The topological polar surface area (TPSA) is 64.9 Å². The van der Waals surface area contributed by atoms with Gasteiger partial charge in [0.15, 0.2) is 5.60 Å². The Kier molecular flexibility index (Phi) is 7.05. The van der Waals surface area contributed by atoms with Crippen LogP contribution >= 0.6 is 0 Å². The highest BCUT2D eigenvalue weighted by atomic mass is 16.3. The number of hydrazone groups is 1. The van der Waals surface area contributed by atoms with Crippen molar-refractivity contribution in [3.8, 4) is 0 Å². The molecule has 4 rings (SSSR count). The average molecular weight is 484 g/mol. The molecule has 3 aromatic rings. The summed E-state index contributed by atoms with van der Waals surface area (Å²) in [5.41, 5.74) is 6.40. The standard InChI is InChI=1S/C31H37N3O2/c1-21(2)34-28-17-22(3)24(18-27(28)23(4)19-30(34,5)6)20-32-33-29(35)31(36,25-13-9-7-10-14-25)26-15-11-8-12-16-26/h7-18,20-21,23,36H,19H2,1-6H3,(H,33,35)/b32-20-/t23-/m0/s1. The molecule has 5 heteroatoms. The van der Waals surface area contributed by atoms with Crippen LogP contribution in [0.25, 0.3) is 0 Å². The van der Waals surface area contributed by atoms with Gasteiger partial charge in [-0.05, 0) is 86.9 Å². The van der Waals surface area contributed by atoms with Crippen LogP contribution in [0.4, 0.5) is 5.69 Å². The molecule has 0 aromatic heterocycles. The molecule has 0 unspecified atom stereocenters. The van der Waals surface area contributed by atoms with E-state index in [1.165, 1.54) is 11.3 Å². The van der Waals surface area contributed by atoms with Crippen molar-refractivity contribution in [2.45, 2.75) is 71.1 Å². The zero-order valence-corrected chi connectivity index (χ0v) is 22.1. The number of aliphatic hydroxyl groups is 1. The van der Waals surface area contributed by atoms with Crippen LogP contribution < -0.4 is 10.3 Å². The minimum Gasteiger partial charge on any atom is -0.372 e. The number of nitrogens with zero attached hydrogens (tertiary/aromatic N) is 2. The number of carbonyl (C=O) groups excluding carboxylic acids is 1. The Morgan fingerprint density at radius 1 is 1.08 bits per heavy atom. The summed E-state index contributed by atoms with van der Waals surface area (Å²) in [5.74, 6) is -0.193. The van der Waals surface area contributed by atoms with Gasteiger partial charge in [-0.3, -0.25) is 4.79 Å². The van der Waals surface area contributed by atoms with E-state index in [9.17, 15) is 9.90 Å². The molecule has 2 N–H and O–H groups in total. The van der Waals surface area contributed by atoms with Crippen molar-refractivity contribution < 1.29 is 9.90 Å². The molecule has 188 valence electrons. The molecule has 1 aliphatic rings. The summed E-state index contributed by atoms with van der Waals surface area (Å²) in [6.07, 6.45) is 2.74. The lowest BCUT2D eigenvalue weighted by Crippen LogP contribution is -2.51. The number of hydrogen-bond acceptors (Lipinski definition) is 4. The molecule has 0 fully saturated rings. The normalized spacial score (nSPS) is 17.3. The minimum absolute atomic E-state index is 0.0793. The second kappa shape index (κ2) is 9.90. The summed E-state index contributed by atoms with van der Waals surface area (Å²) in [6, 6.07) is 22.7. The summed E-state index contributed by atoms with van der Waals surface area (Å²) in [5, 5.41) is 15.9. The van der Waals surface area contributed by atoms with E-state index in [4.69, 9.17) is 0 Å². The minimum atomic E-state index is -1.86. The lowest BCUT2D eigenvalue weighted by Gasteiger charge is -2.50. The zero-order valence-electron chi connectivity index (χ0n) is 22.1. The first-order chi connectivity index (χ1) is 17.1. The van der Waals surface area contributed by atoms with Crippen LogP contribution in [-0.2, 0) is 10.4 Å². The fourth-order valence-electron chi connectivity index (χ4n) is 5.76. The maximum atomic E-state index is 13.3. The van der Waals surface area contributed by atoms with E-state index in [-0.39, 0.29) is 5.54 Å². The van der Waals surface area contributed by atoms with E-state index in [0.29, 0.717) is 23.1 Å². The van der Waals surface area contributed by atoms with Gasteiger partial charge in [-0.2, -0.15) is 5.10 Å². The van der Waals surface area contributed by atoms with E-state index >= 15 is 0 Å². The molecule has 1 amide bonds. The molecule has 0 aliphatic carbocycles. The Labute approximate surface area is 214 Å². The van der Waals surface area contributed by atoms with Gasteiger partial charge in [0.2, 0.25) is 0 Å². The van der Waals surface area contributed by atoms with E-state index in [2.05, 4.69) is 69.1 Å². The van der Waals surface area contributed by atoms with Crippen LogP contribution in [0.3, 0.4) is 0 Å². The van der Waals surface area contributed by atoms with Gasteiger partial charge in [0.1, 0.15) is 0 Å². The van der Waals surface area contributed by atoms with Gasteiger partial charge in [0.25, 0.3) is 5.91 Å². The first-order valence-electron chi connectivity index (χ1n) is 12.7. The molecule has 0 saturated carbocycles. The predicted octanol–water partition coefficient (Wildman–Crippen LogP) is 5.88. The van der Waals surface area contributed by atoms with Crippen molar-refractivity contribution in [2.75, 3.05) is 4.90 Å². The lowest BCUT2D eigenvalue weighted by atomic mass is 9.78. The maximum Gasteiger partial charge on any atom is 0.281 e. The number of benzene rings is 3. The van der Waals surface area contributed by atoms with Gasteiger partial charge in [-0.15, -0.1) is 0 Å². The fraction of sp³-hybridized carbons (Fsp3) is 0.355. The predicted molar refractivity (Wildman–Crippen MR) is 148 cm³/mol. The Balaban J connectivity index is 1.64. The van der Waals surface area contributed by atoms with Crippen molar-refractivity contribution in [1.82, 2.24) is 5.43 Å². The molecule has 5 nitrogen and oxygen atoms in total. The Morgan fingerprint density at radius 3 is 2.17 bits per heavy atom. The fourth-order valence-corrected chi connectivity index (χ4v) is 5.76. The molecule has 0 saturated heterocycles. The van der Waals surface area contributed by atoms with Crippen molar-refractivity contribution >= 4 is 17.8 Å². The Morgan fingerprint density at radius 2 is 1.64 bits per heavy atom. The summed E-state index contributed by atoms with van der Waals surface area (Å²) < 4.78 is 0. The summed E-state index contributed by atoms with van der Waals surface area (Å²) in [7, 11) is 0. The molecule has 0 bridgehead atoms. The van der Waals surface area contributed by atoms with Crippen molar-refractivity contribution in [3.05, 3.63) is 101 Å². The van der Waals surface area contributed by atoms with Crippen LogP contribution in [0.15, 0.2) is 77.9 Å². The van der Waals surface area contributed by atoms with Gasteiger partial charge in [0.05, 0.1) is 6.21 Å². The Hall–Kier alpha value is -3.44. The quantitative estimate of drug-likeness (QED) is 0.340. The average Bonchev–Trinajstić information content (AvgIpc) is 2.84. The molecule has 1 atom stereocenters. The molecule has 0 spiro atoms.